The second kappa shape index (κ2) is 32.2. The van der Waals surface area contributed by atoms with E-state index in [0.29, 0.717) is 90.7 Å². The average Bonchev–Trinajstić information content (AvgIpc) is 1.69. The predicted molar refractivity (Wildman–Crippen MR) is 379 cm³/mol. The number of phenolic OH excluding ortho intramolecular Hbond substituents is 2. The first kappa shape index (κ1) is 72.7. The lowest BCUT2D eigenvalue weighted by Crippen LogP contribution is -2.23. The molecule has 14 aromatic rings. The molecule has 14 rings (SSSR count). The van der Waals surface area contributed by atoms with Crippen molar-refractivity contribution in [3.8, 4) is 52.0 Å². The van der Waals surface area contributed by atoms with Crippen molar-refractivity contribution in [3.63, 3.8) is 0 Å². The number of hydrogen-bond acceptors (Lipinski definition) is 25. The van der Waals surface area contributed by atoms with Crippen LogP contribution in [0, 0.1) is 20.8 Å². The summed E-state index contributed by atoms with van der Waals surface area (Å²) in [6, 6.07) is 41.7. The summed E-state index contributed by atoms with van der Waals surface area (Å²) in [5, 5.41) is 51.9. The van der Waals surface area contributed by atoms with E-state index in [-0.39, 0.29) is 62.5 Å². The Balaban J connectivity index is 0.000000148. The van der Waals surface area contributed by atoms with Gasteiger partial charge in [-0.2, -0.15) is 25.5 Å². The van der Waals surface area contributed by atoms with E-state index in [1.54, 1.807) is 106 Å². The van der Waals surface area contributed by atoms with E-state index in [2.05, 4.69) is 56.1 Å². The summed E-state index contributed by atoms with van der Waals surface area (Å²) in [4.78, 5) is 108. The van der Waals surface area contributed by atoms with Crippen molar-refractivity contribution in [3.05, 3.63) is 256 Å². The fraction of sp³-hybridized carbons (Fsp3) is 0.129. The highest BCUT2D eigenvalue weighted by Crippen LogP contribution is 2.28. The van der Waals surface area contributed by atoms with Crippen LogP contribution in [0.2, 0.25) is 0 Å². The number of carbonyl (C=O) groups is 3. The van der Waals surface area contributed by atoms with Crippen LogP contribution in [-0.4, -0.2) is 109 Å². The van der Waals surface area contributed by atoms with Gasteiger partial charge in [0, 0.05) is 83.1 Å². The second-order valence-electron chi connectivity index (χ2n) is 22.2. The number of pyridine rings is 1. The summed E-state index contributed by atoms with van der Waals surface area (Å²) in [6.07, 6.45) is 2.98. The number of methoxy groups -OCH3 is 1. The number of nitrogens with zero attached hydrogens (tertiary/aromatic N) is 14. The Bertz CT molecular complexity index is 5680. The third-order valence-corrected chi connectivity index (χ3v) is 14.3. The summed E-state index contributed by atoms with van der Waals surface area (Å²) >= 11 is 0. The molecule has 0 aliphatic rings. The highest BCUT2D eigenvalue weighted by molar-refractivity contribution is 6.05. The van der Waals surface area contributed by atoms with E-state index in [1.807, 2.05) is 45.0 Å². The van der Waals surface area contributed by atoms with Crippen molar-refractivity contribution in [2.45, 2.75) is 20.8 Å². The summed E-state index contributed by atoms with van der Waals surface area (Å²) in [7, 11) is 9.09. The Morgan fingerprint density at radius 1 is 0.447 bits per heavy atom. The number of amides is 2. The van der Waals surface area contributed by atoms with Crippen molar-refractivity contribution in [1.82, 2.24) is 68.8 Å². The van der Waals surface area contributed by atoms with E-state index < -0.39 is 11.9 Å². The van der Waals surface area contributed by atoms with Crippen LogP contribution in [0.15, 0.2) is 207 Å². The van der Waals surface area contributed by atoms with Gasteiger partial charge in [0.2, 0.25) is 17.7 Å². The third kappa shape index (κ3) is 19.0. The van der Waals surface area contributed by atoms with Crippen LogP contribution in [-0.2, 0) is 35.2 Å². The number of nitrogens with one attached hydrogen (secondary N) is 2. The van der Waals surface area contributed by atoms with Gasteiger partial charge in [-0.1, -0.05) is 18.2 Å². The van der Waals surface area contributed by atoms with Crippen molar-refractivity contribution < 1.29 is 47.7 Å². The fourth-order valence-electron chi connectivity index (χ4n) is 8.87. The zero-order valence-corrected chi connectivity index (χ0v) is 56.3. The number of aromatic hydroxyl groups is 2. The smallest absolute Gasteiger partial charge is 0.356 e. The number of fused-ring (bicyclic) bond motifs is 3. The molecule has 33 heteroatoms. The van der Waals surface area contributed by atoms with E-state index in [4.69, 9.17) is 39.7 Å². The van der Waals surface area contributed by atoms with Crippen LogP contribution in [0.4, 0.5) is 22.7 Å². The minimum atomic E-state index is -1.14. The Morgan fingerprint density at radius 2 is 0.874 bits per heavy atom. The monoisotopic (exact) mass is 1400 g/mol. The van der Waals surface area contributed by atoms with Gasteiger partial charge in [-0.15, -0.1) is 0 Å². The number of carboxylic acid groups (broad SMARTS) is 1. The van der Waals surface area contributed by atoms with Crippen molar-refractivity contribution in [2.24, 2.45) is 35.2 Å². The van der Waals surface area contributed by atoms with Crippen LogP contribution in [0.3, 0.4) is 0 Å². The number of anilines is 4. The summed E-state index contributed by atoms with van der Waals surface area (Å²) in [6.45, 7) is 5.77. The van der Waals surface area contributed by atoms with Gasteiger partial charge < -0.3 is 55.4 Å². The summed E-state index contributed by atoms with van der Waals surface area (Å²) in [5.41, 5.74) is 20.6. The maximum absolute atomic E-state index is 12.4. The minimum absolute atomic E-state index is 0.0243. The molecule has 103 heavy (non-hydrogen) atoms. The third-order valence-electron chi connectivity index (χ3n) is 14.3. The number of phenols is 2. The number of nitrogen functional groups attached to an aromatic ring is 2. The fourth-order valence-corrected chi connectivity index (χ4v) is 8.87. The molecule has 0 atom stereocenters. The molecule has 0 saturated heterocycles. The van der Waals surface area contributed by atoms with Gasteiger partial charge in [0.1, 0.15) is 56.6 Å². The molecule has 0 bridgehead atoms. The van der Waals surface area contributed by atoms with Crippen LogP contribution in [0.1, 0.15) is 48.0 Å². The van der Waals surface area contributed by atoms with Crippen LogP contribution >= 0.6 is 0 Å². The Labute approximate surface area is 580 Å². The molecule has 0 radical (unpaired) electrons. The van der Waals surface area contributed by atoms with Crippen LogP contribution < -0.4 is 54.6 Å². The van der Waals surface area contributed by atoms with E-state index in [0.717, 1.165) is 37.6 Å². The molecule has 0 spiro atoms. The molecule has 0 fully saturated rings. The molecule has 9 N–H and O–H groups in total. The summed E-state index contributed by atoms with van der Waals surface area (Å²) < 4.78 is 27.7. The highest BCUT2D eigenvalue weighted by atomic mass is 16.5. The highest BCUT2D eigenvalue weighted by Gasteiger charge is 2.17. The first-order chi connectivity index (χ1) is 49.1. The molecule has 0 aliphatic heterocycles. The number of hydrogen-bond donors (Lipinski definition) is 7. The molecule has 2 amide bonds. The standard InChI is InChI=1S/C19H15N5O4.C13H13N3O3.C13H11N3O2.C12H10N4O2.C7H9NO.C6H6N2O3/c1-24-17(25)6-4-14(23-24)19-22-15-8-12(3-5-16(15)28-19)21-18(26)11-7-13(27-2)10-20-9-11;1-8-3-5-11(17)10(7-8)14-13(19)9-4-6-12(18)16(2)15-9;1-8-3-5-11-10(7-8)14-13(18-11)9-4-6-12(17)16(2)15-9;1-16-11(17)5-3-8(15-16)12-14-9-6-7(13)2-4-10(9)18-12;1-5-2-3-7(9)6(8)4-5;1-8-5(9)3-2-4(7-8)6(10)11/h3-10H,1-2H3,(H,21,26);3-7,17H,1-2H3,(H,14,19);3-7H,1-2H3;2-6H,13H2,1H3;2-4,9H,8H2,1H3;2-3H,1H3,(H,10,11). The maximum atomic E-state index is 12.4. The molecular formula is C70H64N18O15. The van der Waals surface area contributed by atoms with Crippen molar-refractivity contribution in [2.75, 3.05) is 29.2 Å². The summed E-state index contributed by atoms with van der Waals surface area (Å²) in [5.74, 6) is -0.256. The zero-order chi connectivity index (χ0) is 74.3. The molecule has 0 unspecified atom stereocenters. The minimum Gasteiger partial charge on any atom is -0.506 e. The number of benzene rings is 5. The van der Waals surface area contributed by atoms with Crippen molar-refractivity contribution in [1.29, 1.82) is 0 Å². The van der Waals surface area contributed by atoms with Gasteiger partial charge in [-0.25, -0.2) is 43.2 Å². The number of aryl methyl sites for hydroxylation is 8. The lowest BCUT2D eigenvalue weighted by Gasteiger charge is -2.08. The normalized spacial score (nSPS) is 10.5. The van der Waals surface area contributed by atoms with Gasteiger partial charge >= 0.3 is 5.97 Å². The van der Waals surface area contributed by atoms with Gasteiger partial charge in [-0.05, 0) is 147 Å². The number of rotatable bonds is 9. The number of oxazole rings is 3. The second-order valence-corrected chi connectivity index (χ2v) is 22.2. The number of aromatic carboxylic acids is 1. The quantitative estimate of drug-likeness (QED) is 0.0558. The molecule has 0 saturated carbocycles. The maximum Gasteiger partial charge on any atom is 0.356 e. The Hall–Kier alpha value is -14.5. The van der Waals surface area contributed by atoms with Gasteiger partial charge in [0.15, 0.2) is 22.4 Å². The van der Waals surface area contributed by atoms with Gasteiger partial charge in [-0.3, -0.25) is 38.5 Å². The molecular weight excluding hydrogens is 1330 g/mol. The Morgan fingerprint density at radius 3 is 1.36 bits per heavy atom. The zero-order valence-electron chi connectivity index (χ0n) is 56.3. The van der Waals surface area contributed by atoms with E-state index >= 15 is 0 Å². The largest absolute Gasteiger partial charge is 0.506 e. The van der Waals surface area contributed by atoms with E-state index in [9.17, 15) is 43.5 Å². The predicted octanol–water partition coefficient (Wildman–Crippen LogP) is 7.12. The van der Waals surface area contributed by atoms with Gasteiger partial charge in [0.05, 0.1) is 30.2 Å². The molecule has 33 nitrogen and oxygen atoms in total. The molecule has 5 aromatic carbocycles. The van der Waals surface area contributed by atoms with E-state index in [1.165, 1.54) is 90.1 Å². The molecule has 0 aliphatic carbocycles. The van der Waals surface area contributed by atoms with Gasteiger partial charge in [0.25, 0.3) is 39.6 Å². The van der Waals surface area contributed by atoms with Crippen LogP contribution in [0.25, 0.3) is 68.1 Å². The first-order valence-electron chi connectivity index (χ1n) is 30.4. The Kier molecular flexibility index (Phi) is 22.8. The number of carboxylic acids is 1. The van der Waals surface area contributed by atoms with Crippen molar-refractivity contribution >= 4 is 73.8 Å². The molecule has 524 valence electrons. The topological polar surface area (TPSA) is 463 Å². The number of ether oxygens (including phenoxy) is 1. The SMILES string of the molecule is COc1cncc(C(=O)Nc2ccc3oc(-c4ccc(=O)n(C)n4)nc3c2)c1.Cc1ccc(O)c(N)c1.Cc1ccc(O)c(NC(=O)c2ccc(=O)n(C)n2)c1.Cc1ccc2oc(-c3ccc(=O)n(C)n3)nc2c1.Cn1nc(-c2nc3cc(N)ccc3o2)ccc1=O.Cn1nc(C(=O)O)ccc1=O. The average molecular weight is 1400 g/mol. The number of carbonyl (C=O) groups excluding carboxylic acids is 2. The number of aromatic nitrogens is 14. The lowest BCUT2D eigenvalue weighted by molar-refractivity contribution is 0.0687. The van der Waals surface area contributed by atoms with Crippen LogP contribution in [0.5, 0.6) is 17.2 Å². The molecule has 9 heterocycles. The number of nitrogens with two attached hydrogens (primary N) is 2. The first-order valence-corrected chi connectivity index (χ1v) is 30.4. The molecule has 9 aromatic heterocycles. The lowest BCUT2D eigenvalue weighted by atomic mass is 10.2.